The number of urea groups is 1. The Labute approximate surface area is 144 Å². The van der Waals surface area contributed by atoms with E-state index in [1.165, 1.54) is 4.31 Å². The molecule has 24 heavy (non-hydrogen) atoms. The first kappa shape index (κ1) is 18.7. The van der Waals surface area contributed by atoms with E-state index in [-0.39, 0.29) is 12.1 Å². The van der Waals surface area contributed by atoms with Crippen molar-refractivity contribution >= 4 is 16.1 Å². The molecule has 1 fully saturated rings. The summed E-state index contributed by atoms with van der Waals surface area (Å²) in [5.74, 6) is 0. The zero-order valence-electron chi connectivity index (χ0n) is 15.1. The molecule has 2 amide bonds. The molecule has 134 valence electrons. The molecular weight excluding hydrogens is 326 g/mol. The van der Waals surface area contributed by atoms with Gasteiger partial charge in [-0.25, -0.2) is 13.2 Å². The Morgan fingerprint density at radius 1 is 1.00 bits per heavy atom. The van der Waals surface area contributed by atoms with Gasteiger partial charge in [0.05, 0.1) is 4.90 Å². The lowest BCUT2D eigenvalue weighted by Gasteiger charge is -2.34. The first-order chi connectivity index (χ1) is 11.1. The maximum absolute atomic E-state index is 12.9. The van der Waals surface area contributed by atoms with Crippen LogP contribution in [0.1, 0.15) is 30.5 Å². The number of aryl methyl sites for hydroxylation is 3. The van der Waals surface area contributed by atoms with Gasteiger partial charge in [-0.05, 0) is 57.4 Å². The van der Waals surface area contributed by atoms with Crippen LogP contribution < -0.4 is 5.32 Å². The summed E-state index contributed by atoms with van der Waals surface area (Å²) in [6, 6.07) is 3.59. The fourth-order valence-corrected chi connectivity index (χ4v) is 4.53. The van der Waals surface area contributed by atoms with Crippen LogP contribution >= 0.6 is 0 Å². The number of hydrogen-bond donors (Lipinski definition) is 1. The third-order valence-corrected chi connectivity index (χ3v) is 6.39. The molecule has 1 aromatic carbocycles. The minimum Gasteiger partial charge on any atom is -0.336 e. The Bertz CT molecular complexity index is 721. The van der Waals surface area contributed by atoms with Gasteiger partial charge in [0.1, 0.15) is 0 Å². The molecule has 1 heterocycles. The third kappa shape index (κ3) is 3.89. The number of benzene rings is 1. The molecule has 1 aromatic rings. The van der Waals surface area contributed by atoms with Crippen molar-refractivity contribution in [3.63, 3.8) is 0 Å². The van der Waals surface area contributed by atoms with Gasteiger partial charge in [-0.1, -0.05) is 6.07 Å². The van der Waals surface area contributed by atoms with Crippen LogP contribution in [0.4, 0.5) is 4.79 Å². The zero-order chi connectivity index (χ0) is 18.1. The minimum atomic E-state index is -3.53. The summed E-state index contributed by atoms with van der Waals surface area (Å²) in [6.45, 7) is 11.0. The Morgan fingerprint density at radius 2 is 1.54 bits per heavy atom. The molecule has 0 aliphatic carbocycles. The molecule has 0 saturated carbocycles. The zero-order valence-corrected chi connectivity index (χ0v) is 15.9. The van der Waals surface area contributed by atoms with Gasteiger partial charge in [0.25, 0.3) is 0 Å². The van der Waals surface area contributed by atoms with Crippen LogP contribution in [0, 0.1) is 20.8 Å². The summed E-state index contributed by atoms with van der Waals surface area (Å²) >= 11 is 0. The molecule has 0 spiro atoms. The van der Waals surface area contributed by atoms with Gasteiger partial charge in [-0.2, -0.15) is 4.31 Å². The van der Waals surface area contributed by atoms with E-state index in [1.807, 2.05) is 40.7 Å². The highest BCUT2D eigenvalue weighted by Crippen LogP contribution is 2.24. The molecule has 0 unspecified atom stereocenters. The molecule has 7 heteroatoms. The lowest BCUT2D eigenvalue weighted by atomic mass is 10.1. The van der Waals surface area contributed by atoms with Gasteiger partial charge in [-0.15, -0.1) is 0 Å². The van der Waals surface area contributed by atoms with Crippen molar-refractivity contribution in [2.24, 2.45) is 0 Å². The molecular formula is C17H27N3O3S. The van der Waals surface area contributed by atoms with E-state index in [0.717, 1.165) is 16.7 Å². The van der Waals surface area contributed by atoms with Crippen LogP contribution in [0.3, 0.4) is 0 Å². The van der Waals surface area contributed by atoms with Crippen LogP contribution in [0.5, 0.6) is 0 Å². The number of piperazine rings is 1. The summed E-state index contributed by atoms with van der Waals surface area (Å²) < 4.78 is 27.3. The number of hydrogen-bond acceptors (Lipinski definition) is 3. The highest BCUT2D eigenvalue weighted by molar-refractivity contribution is 7.89. The first-order valence-electron chi connectivity index (χ1n) is 8.26. The van der Waals surface area contributed by atoms with Crippen LogP contribution in [0.15, 0.2) is 17.0 Å². The summed E-state index contributed by atoms with van der Waals surface area (Å²) in [5, 5.41) is 2.84. The smallest absolute Gasteiger partial charge is 0.317 e. The van der Waals surface area contributed by atoms with E-state index >= 15 is 0 Å². The second-order valence-electron chi connectivity index (χ2n) is 6.70. The Morgan fingerprint density at radius 3 is 2.08 bits per heavy atom. The van der Waals surface area contributed by atoms with Crippen LogP contribution in [0.25, 0.3) is 0 Å². The van der Waals surface area contributed by atoms with E-state index in [9.17, 15) is 13.2 Å². The van der Waals surface area contributed by atoms with Crippen molar-refractivity contribution in [3.8, 4) is 0 Å². The fraction of sp³-hybridized carbons (Fsp3) is 0.588. The molecule has 0 aromatic heterocycles. The normalized spacial score (nSPS) is 16.5. The highest BCUT2D eigenvalue weighted by atomic mass is 32.2. The maximum atomic E-state index is 12.9. The lowest BCUT2D eigenvalue weighted by molar-refractivity contribution is 0.170. The number of carbonyl (C=O) groups excluding carboxylic acids is 1. The van der Waals surface area contributed by atoms with Crippen molar-refractivity contribution in [2.75, 3.05) is 26.2 Å². The van der Waals surface area contributed by atoms with Crippen molar-refractivity contribution in [2.45, 2.75) is 45.6 Å². The van der Waals surface area contributed by atoms with Crippen molar-refractivity contribution in [1.82, 2.24) is 14.5 Å². The Hall–Kier alpha value is -1.60. The first-order valence-corrected chi connectivity index (χ1v) is 9.70. The van der Waals surface area contributed by atoms with Gasteiger partial charge in [0, 0.05) is 32.2 Å². The van der Waals surface area contributed by atoms with E-state index in [1.54, 1.807) is 11.0 Å². The second kappa shape index (κ2) is 7.11. The second-order valence-corrected chi connectivity index (χ2v) is 8.60. The molecule has 1 aliphatic rings. The fourth-order valence-electron chi connectivity index (χ4n) is 2.82. The van der Waals surface area contributed by atoms with E-state index in [4.69, 9.17) is 0 Å². The highest BCUT2D eigenvalue weighted by Gasteiger charge is 2.31. The SMILES string of the molecule is Cc1cc(C)c(S(=O)(=O)N2CCN(C(=O)NC(C)C)CC2)cc1C. The summed E-state index contributed by atoms with van der Waals surface area (Å²) in [6.07, 6.45) is 0. The number of rotatable bonds is 3. The van der Waals surface area contributed by atoms with Crippen LogP contribution in [-0.4, -0.2) is 55.9 Å². The van der Waals surface area contributed by atoms with Gasteiger partial charge in [0.15, 0.2) is 0 Å². The van der Waals surface area contributed by atoms with Crippen molar-refractivity contribution < 1.29 is 13.2 Å². The summed E-state index contributed by atoms with van der Waals surface area (Å²) in [7, 11) is -3.53. The number of nitrogens with zero attached hydrogens (tertiary/aromatic N) is 2. The molecule has 1 N–H and O–H groups in total. The number of amides is 2. The molecule has 6 nitrogen and oxygen atoms in total. The largest absolute Gasteiger partial charge is 0.336 e. The van der Waals surface area contributed by atoms with Crippen molar-refractivity contribution in [3.05, 3.63) is 28.8 Å². The number of nitrogens with one attached hydrogen (secondary N) is 1. The van der Waals surface area contributed by atoms with Gasteiger partial charge >= 0.3 is 6.03 Å². The monoisotopic (exact) mass is 353 g/mol. The van der Waals surface area contributed by atoms with E-state index in [0.29, 0.717) is 31.1 Å². The average molecular weight is 353 g/mol. The quantitative estimate of drug-likeness (QED) is 0.904. The summed E-state index contributed by atoms with van der Waals surface area (Å²) in [4.78, 5) is 14.1. The third-order valence-electron chi connectivity index (χ3n) is 4.35. The number of carbonyl (C=O) groups is 1. The van der Waals surface area contributed by atoms with Crippen molar-refractivity contribution in [1.29, 1.82) is 0 Å². The van der Waals surface area contributed by atoms with E-state index < -0.39 is 10.0 Å². The maximum Gasteiger partial charge on any atom is 0.317 e. The standard InChI is InChI=1S/C17H27N3O3S/c1-12(2)18-17(21)19-6-8-20(9-7-19)24(22,23)16-11-14(4)13(3)10-15(16)5/h10-12H,6-9H2,1-5H3,(H,18,21). The lowest BCUT2D eigenvalue weighted by Crippen LogP contribution is -2.54. The molecule has 0 atom stereocenters. The average Bonchev–Trinajstić information content (AvgIpc) is 2.50. The van der Waals surface area contributed by atoms with Gasteiger partial charge in [-0.3, -0.25) is 0 Å². The van der Waals surface area contributed by atoms with E-state index in [2.05, 4.69) is 5.32 Å². The van der Waals surface area contributed by atoms with Gasteiger partial charge < -0.3 is 10.2 Å². The molecule has 1 aliphatic heterocycles. The molecule has 0 radical (unpaired) electrons. The number of sulfonamides is 1. The topological polar surface area (TPSA) is 69.7 Å². The minimum absolute atomic E-state index is 0.0671. The Kier molecular flexibility index (Phi) is 5.55. The predicted molar refractivity (Wildman–Crippen MR) is 94.7 cm³/mol. The Balaban J connectivity index is 2.13. The van der Waals surface area contributed by atoms with Crippen LogP contribution in [-0.2, 0) is 10.0 Å². The molecule has 1 saturated heterocycles. The summed E-state index contributed by atoms with van der Waals surface area (Å²) in [5.41, 5.74) is 2.81. The predicted octanol–water partition coefficient (Wildman–Crippen LogP) is 2.04. The molecule has 2 rings (SSSR count). The van der Waals surface area contributed by atoms with Crippen LogP contribution in [0.2, 0.25) is 0 Å². The molecule has 0 bridgehead atoms. The van der Waals surface area contributed by atoms with Gasteiger partial charge in [0.2, 0.25) is 10.0 Å².